The largest absolute Gasteiger partial charge is 0.485 e. The van der Waals surface area contributed by atoms with Crippen LogP contribution < -0.4 is 14.8 Å². The van der Waals surface area contributed by atoms with Crippen molar-refractivity contribution in [1.82, 2.24) is 9.55 Å². The van der Waals surface area contributed by atoms with Crippen LogP contribution >= 0.6 is 0 Å². The molecule has 168 valence electrons. The van der Waals surface area contributed by atoms with Crippen molar-refractivity contribution in [3.63, 3.8) is 0 Å². The molecule has 7 heteroatoms. The number of hydrogen-bond acceptors (Lipinski definition) is 4. The molecule has 1 atom stereocenters. The van der Waals surface area contributed by atoms with Gasteiger partial charge in [0.15, 0.2) is 11.5 Å². The first-order valence-corrected chi connectivity index (χ1v) is 10.9. The van der Waals surface area contributed by atoms with E-state index in [0.717, 1.165) is 16.6 Å². The zero-order valence-electron chi connectivity index (χ0n) is 18.6. The van der Waals surface area contributed by atoms with Gasteiger partial charge in [0.25, 0.3) is 5.91 Å². The molecule has 2 heterocycles. The van der Waals surface area contributed by atoms with Gasteiger partial charge in [-0.3, -0.25) is 4.79 Å². The molecule has 0 fully saturated rings. The molecule has 0 bridgehead atoms. The third-order valence-corrected chi connectivity index (χ3v) is 5.73. The van der Waals surface area contributed by atoms with E-state index in [1.165, 1.54) is 12.1 Å². The number of aromatic nitrogens is 2. The molecule has 1 aliphatic heterocycles. The lowest BCUT2D eigenvalue weighted by Crippen LogP contribution is -2.40. The molecule has 0 saturated heterocycles. The van der Waals surface area contributed by atoms with E-state index >= 15 is 0 Å². The minimum atomic E-state index is -0.787. The van der Waals surface area contributed by atoms with Gasteiger partial charge < -0.3 is 19.4 Å². The Morgan fingerprint density at radius 1 is 1.12 bits per heavy atom. The van der Waals surface area contributed by atoms with Crippen LogP contribution in [0.2, 0.25) is 0 Å². The fourth-order valence-corrected chi connectivity index (χ4v) is 4.16. The molecule has 1 aromatic heterocycles. The summed E-state index contributed by atoms with van der Waals surface area (Å²) >= 11 is 0. The van der Waals surface area contributed by atoms with Gasteiger partial charge >= 0.3 is 0 Å². The molecule has 1 aliphatic rings. The Hall–Kier alpha value is -3.87. The highest BCUT2D eigenvalue weighted by molar-refractivity contribution is 5.99. The molecule has 0 spiro atoms. The first kappa shape index (κ1) is 21.0. The van der Waals surface area contributed by atoms with Crippen molar-refractivity contribution < 1.29 is 18.7 Å². The Labute approximate surface area is 191 Å². The van der Waals surface area contributed by atoms with E-state index in [2.05, 4.69) is 9.88 Å². The predicted molar refractivity (Wildman–Crippen MR) is 125 cm³/mol. The summed E-state index contributed by atoms with van der Waals surface area (Å²) in [7, 11) is 0. The van der Waals surface area contributed by atoms with E-state index in [9.17, 15) is 9.18 Å². The summed E-state index contributed by atoms with van der Waals surface area (Å²) in [5, 5.41) is 3.03. The first-order chi connectivity index (χ1) is 15.9. The van der Waals surface area contributed by atoms with Gasteiger partial charge in [-0.1, -0.05) is 24.3 Å². The number of nitrogens with one attached hydrogen (secondary N) is 1. The average molecular weight is 445 g/mol. The summed E-state index contributed by atoms with van der Waals surface area (Å²) in [6, 6.07) is 17.7. The lowest BCUT2D eigenvalue weighted by molar-refractivity contribution is -0.125. The number of hydrogen-bond donors (Lipinski definition) is 1. The summed E-state index contributed by atoms with van der Waals surface area (Å²) in [4.78, 5) is 17.9. The number of imidazole rings is 1. The van der Waals surface area contributed by atoms with Gasteiger partial charge in [0.2, 0.25) is 6.10 Å². The highest BCUT2D eigenvalue weighted by Crippen LogP contribution is 2.36. The smallest absolute Gasteiger partial charge is 0.269 e. The zero-order valence-corrected chi connectivity index (χ0v) is 18.6. The standard InChI is InChI=1S/C26H24FN3O3/c1-15(2)30-20-12-11-17(27)13-19(20)28-25(30)18-8-6-7-16(3)24(18)29-26(31)23-14-32-21-9-4-5-10-22(21)33-23/h4-13,15,23H,14H2,1-3H3,(H,29,31)/t23-/m0/s1. The van der Waals surface area contributed by atoms with E-state index in [-0.39, 0.29) is 24.4 Å². The number of aryl methyl sites for hydroxylation is 1. The Bertz CT molecular complexity index is 1360. The molecule has 6 nitrogen and oxygen atoms in total. The van der Waals surface area contributed by atoms with Gasteiger partial charge in [0.1, 0.15) is 18.2 Å². The van der Waals surface area contributed by atoms with Crippen molar-refractivity contribution in [3.8, 4) is 22.9 Å². The highest BCUT2D eigenvalue weighted by atomic mass is 19.1. The SMILES string of the molecule is Cc1cccc(-c2nc3cc(F)ccc3n2C(C)C)c1NC(=O)[C@@H]1COc2ccccc2O1. The van der Waals surface area contributed by atoms with Crippen molar-refractivity contribution in [3.05, 3.63) is 72.0 Å². The van der Waals surface area contributed by atoms with Crippen LogP contribution in [-0.2, 0) is 4.79 Å². The van der Waals surface area contributed by atoms with E-state index in [1.54, 1.807) is 12.1 Å². The molecule has 1 N–H and O–H groups in total. The van der Waals surface area contributed by atoms with Crippen LogP contribution in [0.5, 0.6) is 11.5 Å². The molecule has 4 aromatic rings. The topological polar surface area (TPSA) is 65.4 Å². The number of fused-ring (bicyclic) bond motifs is 2. The fraction of sp³-hybridized carbons (Fsp3) is 0.231. The number of rotatable bonds is 4. The second-order valence-electron chi connectivity index (χ2n) is 8.38. The zero-order chi connectivity index (χ0) is 23.1. The number of carbonyl (C=O) groups excluding carboxylic acids is 1. The van der Waals surface area contributed by atoms with Crippen LogP contribution in [0.15, 0.2) is 60.7 Å². The fourth-order valence-electron chi connectivity index (χ4n) is 4.16. The summed E-state index contributed by atoms with van der Waals surface area (Å²) in [6.07, 6.45) is -0.787. The van der Waals surface area contributed by atoms with E-state index in [0.29, 0.717) is 28.5 Å². The third kappa shape index (κ3) is 3.80. The molecule has 0 radical (unpaired) electrons. The number of para-hydroxylation sites is 3. The van der Waals surface area contributed by atoms with Crippen LogP contribution in [0, 0.1) is 12.7 Å². The Balaban J connectivity index is 1.53. The first-order valence-electron chi connectivity index (χ1n) is 10.9. The summed E-state index contributed by atoms with van der Waals surface area (Å²) in [5.74, 6) is 1.18. The predicted octanol–water partition coefficient (Wildman–Crippen LogP) is 5.51. The minimum Gasteiger partial charge on any atom is -0.485 e. The number of benzene rings is 3. The van der Waals surface area contributed by atoms with Gasteiger partial charge in [-0.15, -0.1) is 0 Å². The Kier molecular flexibility index (Phi) is 5.24. The molecule has 5 rings (SSSR count). The van der Waals surface area contributed by atoms with Crippen LogP contribution in [0.4, 0.5) is 10.1 Å². The van der Waals surface area contributed by atoms with Crippen molar-refractivity contribution in [1.29, 1.82) is 0 Å². The average Bonchev–Trinajstić information content (AvgIpc) is 3.18. The number of anilines is 1. The monoisotopic (exact) mass is 445 g/mol. The van der Waals surface area contributed by atoms with Crippen molar-refractivity contribution in [2.75, 3.05) is 11.9 Å². The second kappa shape index (κ2) is 8.24. The molecule has 1 amide bonds. The minimum absolute atomic E-state index is 0.0751. The van der Waals surface area contributed by atoms with Gasteiger partial charge in [-0.2, -0.15) is 0 Å². The lowest BCUT2D eigenvalue weighted by atomic mass is 10.1. The van der Waals surface area contributed by atoms with Crippen molar-refractivity contribution >= 4 is 22.6 Å². The molecular weight excluding hydrogens is 421 g/mol. The van der Waals surface area contributed by atoms with Crippen molar-refractivity contribution in [2.45, 2.75) is 32.9 Å². The lowest BCUT2D eigenvalue weighted by Gasteiger charge is -2.26. The number of ether oxygens (including phenoxy) is 2. The summed E-state index contributed by atoms with van der Waals surface area (Å²) < 4.78 is 27.5. The third-order valence-electron chi connectivity index (χ3n) is 5.73. The van der Waals surface area contributed by atoms with Crippen LogP contribution in [0.25, 0.3) is 22.4 Å². The number of amides is 1. The molecule has 33 heavy (non-hydrogen) atoms. The number of halogens is 1. The van der Waals surface area contributed by atoms with Gasteiger partial charge in [-0.25, -0.2) is 9.37 Å². The number of nitrogens with zero attached hydrogens (tertiary/aromatic N) is 2. The van der Waals surface area contributed by atoms with Gasteiger partial charge in [0.05, 0.1) is 16.7 Å². The number of carbonyl (C=O) groups is 1. The van der Waals surface area contributed by atoms with Gasteiger partial charge in [0, 0.05) is 17.7 Å². The highest BCUT2D eigenvalue weighted by Gasteiger charge is 2.29. The van der Waals surface area contributed by atoms with E-state index in [1.807, 2.05) is 57.2 Å². The van der Waals surface area contributed by atoms with Crippen LogP contribution in [-0.4, -0.2) is 28.2 Å². The quantitative estimate of drug-likeness (QED) is 0.450. The van der Waals surface area contributed by atoms with Crippen LogP contribution in [0.1, 0.15) is 25.5 Å². The molecule has 3 aromatic carbocycles. The maximum Gasteiger partial charge on any atom is 0.269 e. The molecular formula is C26H24FN3O3. The summed E-state index contributed by atoms with van der Waals surface area (Å²) in [6.45, 7) is 6.14. The molecule has 0 aliphatic carbocycles. The Morgan fingerprint density at radius 2 is 1.91 bits per heavy atom. The second-order valence-corrected chi connectivity index (χ2v) is 8.38. The molecule has 0 saturated carbocycles. The van der Waals surface area contributed by atoms with Crippen LogP contribution in [0.3, 0.4) is 0 Å². The van der Waals surface area contributed by atoms with E-state index < -0.39 is 6.10 Å². The van der Waals surface area contributed by atoms with Gasteiger partial charge in [-0.05, 0) is 56.7 Å². The maximum absolute atomic E-state index is 13.9. The molecule has 0 unspecified atom stereocenters. The van der Waals surface area contributed by atoms with Crippen molar-refractivity contribution in [2.24, 2.45) is 0 Å². The Morgan fingerprint density at radius 3 is 2.70 bits per heavy atom. The summed E-state index contributed by atoms with van der Waals surface area (Å²) in [5.41, 5.74) is 3.68. The normalized spacial score (nSPS) is 15.1. The van der Waals surface area contributed by atoms with E-state index in [4.69, 9.17) is 14.5 Å². The maximum atomic E-state index is 13.9.